The normalized spacial score (nSPS) is 32.6. The molecule has 1 heterocycles. The topological polar surface area (TPSA) is 61.4 Å². The van der Waals surface area contributed by atoms with Gasteiger partial charge in [0.05, 0.1) is 12.0 Å². The Kier molecular flexibility index (Phi) is 3.03. The van der Waals surface area contributed by atoms with Crippen LogP contribution < -0.4 is 10.6 Å². The van der Waals surface area contributed by atoms with Crippen molar-refractivity contribution in [1.29, 1.82) is 0 Å². The van der Waals surface area contributed by atoms with Gasteiger partial charge in [0, 0.05) is 25.6 Å². The van der Waals surface area contributed by atoms with E-state index in [4.69, 9.17) is 0 Å². The molecule has 14 heavy (non-hydrogen) atoms. The van der Waals surface area contributed by atoms with Crippen LogP contribution in [0.3, 0.4) is 0 Å². The van der Waals surface area contributed by atoms with Crippen LogP contribution in [-0.4, -0.2) is 36.8 Å². The molecule has 1 aliphatic carbocycles. The molecule has 2 atom stereocenters. The van der Waals surface area contributed by atoms with E-state index in [1.807, 2.05) is 0 Å². The van der Waals surface area contributed by atoms with E-state index in [0.717, 1.165) is 32.4 Å². The summed E-state index contributed by atoms with van der Waals surface area (Å²) < 4.78 is 0. The second kappa shape index (κ2) is 4.28. The average Bonchev–Trinajstić information content (AvgIpc) is 2.44. The van der Waals surface area contributed by atoms with Crippen molar-refractivity contribution < 1.29 is 9.90 Å². The molecular formula is C10H18N2O2. The van der Waals surface area contributed by atoms with Gasteiger partial charge in [-0.25, -0.2) is 0 Å². The first-order chi connectivity index (χ1) is 6.77. The standard InChI is InChI=1S/C10H18N2O2/c13-9-3-1-2-7(9)6-12-10(14)8-4-11-5-8/h7-9,11,13H,1-6H2,(H,12,14). The van der Waals surface area contributed by atoms with E-state index in [0.29, 0.717) is 6.54 Å². The lowest BCUT2D eigenvalue weighted by Crippen LogP contribution is -2.51. The molecule has 0 radical (unpaired) electrons. The van der Waals surface area contributed by atoms with Gasteiger partial charge in [-0.1, -0.05) is 6.42 Å². The van der Waals surface area contributed by atoms with Gasteiger partial charge < -0.3 is 15.7 Å². The van der Waals surface area contributed by atoms with Gasteiger partial charge in [-0.2, -0.15) is 0 Å². The third kappa shape index (κ3) is 2.07. The summed E-state index contributed by atoms with van der Waals surface area (Å²) >= 11 is 0. The lowest BCUT2D eigenvalue weighted by molar-refractivity contribution is -0.126. The Morgan fingerprint density at radius 2 is 2.21 bits per heavy atom. The first-order valence-electron chi connectivity index (χ1n) is 5.44. The van der Waals surface area contributed by atoms with Crippen LogP contribution in [0, 0.1) is 11.8 Å². The van der Waals surface area contributed by atoms with Gasteiger partial charge in [-0.3, -0.25) is 4.79 Å². The molecule has 1 saturated carbocycles. The summed E-state index contributed by atoms with van der Waals surface area (Å²) in [5, 5.41) is 15.5. The lowest BCUT2D eigenvalue weighted by Gasteiger charge is -2.26. The van der Waals surface area contributed by atoms with Gasteiger partial charge in [0.1, 0.15) is 0 Å². The molecule has 0 bridgehead atoms. The van der Waals surface area contributed by atoms with Crippen LogP contribution in [0.2, 0.25) is 0 Å². The molecule has 0 aromatic rings. The summed E-state index contributed by atoms with van der Waals surface area (Å²) in [5.41, 5.74) is 0. The Bertz CT molecular complexity index is 216. The Balaban J connectivity index is 1.68. The molecule has 3 N–H and O–H groups in total. The van der Waals surface area contributed by atoms with Crippen molar-refractivity contribution in [3.8, 4) is 0 Å². The van der Waals surface area contributed by atoms with Crippen LogP contribution in [0.4, 0.5) is 0 Å². The molecule has 1 amide bonds. The van der Waals surface area contributed by atoms with Gasteiger partial charge in [0.25, 0.3) is 0 Å². The minimum absolute atomic E-state index is 0.142. The van der Waals surface area contributed by atoms with Gasteiger partial charge in [-0.05, 0) is 12.8 Å². The van der Waals surface area contributed by atoms with E-state index in [2.05, 4.69) is 10.6 Å². The molecule has 2 rings (SSSR count). The molecule has 2 aliphatic rings. The smallest absolute Gasteiger partial charge is 0.225 e. The van der Waals surface area contributed by atoms with Gasteiger partial charge in [0.2, 0.25) is 5.91 Å². The predicted molar refractivity (Wildman–Crippen MR) is 52.7 cm³/mol. The molecule has 1 saturated heterocycles. The Morgan fingerprint density at radius 3 is 2.71 bits per heavy atom. The van der Waals surface area contributed by atoms with E-state index < -0.39 is 0 Å². The zero-order valence-electron chi connectivity index (χ0n) is 8.33. The fourth-order valence-corrected chi connectivity index (χ4v) is 2.11. The summed E-state index contributed by atoms with van der Waals surface area (Å²) in [4.78, 5) is 11.5. The number of rotatable bonds is 3. The van der Waals surface area contributed by atoms with E-state index in [1.165, 1.54) is 0 Å². The lowest BCUT2D eigenvalue weighted by atomic mass is 10.0. The van der Waals surface area contributed by atoms with Crippen molar-refractivity contribution in [1.82, 2.24) is 10.6 Å². The van der Waals surface area contributed by atoms with Crippen LogP contribution in [0.15, 0.2) is 0 Å². The van der Waals surface area contributed by atoms with Crippen molar-refractivity contribution in [2.24, 2.45) is 11.8 Å². The molecule has 4 heteroatoms. The van der Waals surface area contributed by atoms with Crippen LogP contribution in [0.1, 0.15) is 19.3 Å². The molecule has 1 aliphatic heterocycles. The van der Waals surface area contributed by atoms with E-state index in [-0.39, 0.29) is 23.8 Å². The summed E-state index contributed by atoms with van der Waals surface area (Å²) in [6, 6.07) is 0. The van der Waals surface area contributed by atoms with Crippen LogP contribution in [-0.2, 0) is 4.79 Å². The summed E-state index contributed by atoms with van der Waals surface area (Å²) in [6.45, 7) is 2.26. The number of amides is 1. The van der Waals surface area contributed by atoms with Gasteiger partial charge in [-0.15, -0.1) is 0 Å². The highest BCUT2D eigenvalue weighted by atomic mass is 16.3. The largest absolute Gasteiger partial charge is 0.393 e. The van der Waals surface area contributed by atoms with Crippen molar-refractivity contribution >= 4 is 5.91 Å². The summed E-state index contributed by atoms with van der Waals surface area (Å²) in [5.74, 6) is 0.586. The van der Waals surface area contributed by atoms with Crippen LogP contribution in [0.5, 0.6) is 0 Å². The molecule has 2 fully saturated rings. The highest BCUT2D eigenvalue weighted by Crippen LogP contribution is 2.24. The highest BCUT2D eigenvalue weighted by molar-refractivity contribution is 5.79. The molecule has 4 nitrogen and oxygen atoms in total. The number of aliphatic hydroxyl groups excluding tert-OH is 1. The minimum atomic E-state index is -0.199. The molecule has 2 unspecified atom stereocenters. The number of hydrogen-bond acceptors (Lipinski definition) is 3. The quantitative estimate of drug-likeness (QED) is 0.572. The maximum Gasteiger partial charge on any atom is 0.225 e. The summed E-state index contributed by atoms with van der Waals surface area (Å²) in [6.07, 6.45) is 2.83. The first kappa shape index (κ1) is 9.93. The second-order valence-corrected chi connectivity index (χ2v) is 4.36. The zero-order valence-corrected chi connectivity index (χ0v) is 8.33. The number of carbonyl (C=O) groups is 1. The zero-order chi connectivity index (χ0) is 9.97. The molecule has 0 aromatic carbocycles. The minimum Gasteiger partial charge on any atom is -0.393 e. The molecule has 0 aromatic heterocycles. The fourth-order valence-electron chi connectivity index (χ4n) is 2.11. The number of aliphatic hydroxyl groups is 1. The Morgan fingerprint density at radius 1 is 1.43 bits per heavy atom. The van der Waals surface area contributed by atoms with Crippen LogP contribution in [0.25, 0.3) is 0 Å². The maximum atomic E-state index is 11.5. The molecule has 80 valence electrons. The van der Waals surface area contributed by atoms with E-state index in [1.54, 1.807) is 0 Å². The number of nitrogens with one attached hydrogen (secondary N) is 2. The van der Waals surface area contributed by atoms with E-state index in [9.17, 15) is 9.90 Å². The molecular weight excluding hydrogens is 180 g/mol. The monoisotopic (exact) mass is 198 g/mol. The van der Waals surface area contributed by atoms with Crippen LogP contribution >= 0.6 is 0 Å². The van der Waals surface area contributed by atoms with Gasteiger partial charge in [0.15, 0.2) is 0 Å². The average molecular weight is 198 g/mol. The van der Waals surface area contributed by atoms with Crippen molar-refractivity contribution in [2.75, 3.05) is 19.6 Å². The van der Waals surface area contributed by atoms with Crippen molar-refractivity contribution in [3.05, 3.63) is 0 Å². The second-order valence-electron chi connectivity index (χ2n) is 4.36. The fraction of sp³-hybridized carbons (Fsp3) is 0.900. The SMILES string of the molecule is O=C(NCC1CCCC1O)C1CNC1. The Labute approximate surface area is 84.1 Å². The summed E-state index contributed by atoms with van der Waals surface area (Å²) in [7, 11) is 0. The van der Waals surface area contributed by atoms with Crippen molar-refractivity contribution in [3.63, 3.8) is 0 Å². The van der Waals surface area contributed by atoms with E-state index >= 15 is 0 Å². The number of carbonyl (C=O) groups excluding carboxylic acids is 1. The molecule has 0 spiro atoms. The third-order valence-electron chi connectivity index (χ3n) is 3.31. The Hall–Kier alpha value is -0.610. The van der Waals surface area contributed by atoms with Crippen molar-refractivity contribution in [2.45, 2.75) is 25.4 Å². The number of hydrogen-bond donors (Lipinski definition) is 3. The predicted octanol–water partition coefficient (Wildman–Crippen LogP) is -0.517. The third-order valence-corrected chi connectivity index (χ3v) is 3.31. The van der Waals surface area contributed by atoms with Gasteiger partial charge >= 0.3 is 0 Å². The first-order valence-corrected chi connectivity index (χ1v) is 5.44. The maximum absolute atomic E-state index is 11.5. The highest BCUT2D eigenvalue weighted by Gasteiger charge is 2.28.